The van der Waals surface area contributed by atoms with Crippen molar-refractivity contribution in [2.45, 2.75) is 262 Å². The second kappa shape index (κ2) is 36.3. The van der Waals surface area contributed by atoms with Crippen LogP contribution < -0.4 is 0 Å². The molecule has 1 rings (SSSR count). The smallest absolute Gasteiger partial charge is 0.462 e. The molecule has 1 aliphatic carbocycles. The molecule has 14 heteroatoms. The molecule has 0 aromatic carbocycles. The van der Waals surface area contributed by atoms with Crippen LogP contribution in [0.3, 0.4) is 0 Å². The van der Waals surface area contributed by atoms with Crippen LogP contribution in [0.5, 0.6) is 0 Å². The summed E-state index contributed by atoms with van der Waals surface area (Å²) in [6, 6.07) is 0. The molecule has 3 unspecified atom stereocenters. The molecule has 1 saturated carbocycles. The van der Waals surface area contributed by atoms with E-state index >= 15 is 0 Å². The molecule has 0 radical (unpaired) electrons. The van der Waals surface area contributed by atoms with Crippen LogP contribution in [0.4, 0.5) is 0 Å². The Bertz CT molecular complexity index is 1050. The summed E-state index contributed by atoms with van der Waals surface area (Å²) in [4.78, 5) is 35.7. The zero-order chi connectivity index (χ0) is 43.6. The van der Waals surface area contributed by atoms with E-state index in [0.717, 1.165) is 38.5 Å². The van der Waals surface area contributed by atoms with Crippen LogP contribution in [0.2, 0.25) is 0 Å². The van der Waals surface area contributed by atoms with Crippen LogP contribution >= 0.6 is 7.82 Å². The molecule has 0 bridgehead atoms. The van der Waals surface area contributed by atoms with E-state index in [4.69, 9.17) is 18.5 Å². The predicted octanol–water partition coefficient (Wildman–Crippen LogP) is 9.28. The van der Waals surface area contributed by atoms with Gasteiger partial charge in [0.1, 0.15) is 43.2 Å². The number of phosphoric ester groups is 1. The fraction of sp³-hybridized carbons (Fsp3) is 0.956. The van der Waals surface area contributed by atoms with Gasteiger partial charge < -0.3 is 39.9 Å². The number of hydrogen-bond acceptors (Lipinski definition) is 12. The molecule has 1 fully saturated rings. The molecular weight excluding hydrogens is 779 g/mol. The van der Waals surface area contributed by atoms with E-state index in [1.54, 1.807) is 0 Å². The molecule has 0 aliphatic heterocycles. The van der Waals surface area contributed by atoms with Crippen LogP contribution in [0.25, 0.3) is 0 Å². The summed E-state index contributed by atoms with van der Waals surface area (Å²) in [6.45, 7) is 3.33. The molecule has 0 heterocycles. The van der Waals surface area contributed by atoms with E-state index in [1.165, 1.54) is 141 Å². The summed E-state index contributed by atoms with van der Waals surface area (Å²) in [5, 5.41) is 50.1. The van der Waals surface area contributed by atoms with Gasteiger partial charge in [-0.2, -0.15) is 0 Å². The minimum atomic E-state index is -5.11. The van der Waals surface area contributed by atoms with Gasteiger partial charge in [0.2, 0.25) is 0 Å². The highest BCUT2D eigenvalue weighted by atomic mass is 31.2. The fourth-order valence-electron chi connectivity index (χ4n) is 7.58. The SMILES string of the molecule is CCCCCCCCCCCCCCCCCC(=O)OC[C@@H](COP(=O)(O)OC1[C@@H](O)[C@H](O)C(O)[C@H](O)[C@H]1O)OC(=O)CCCCCCCCCCCCCCCCC. The first-order valence-corrected chi connectivity index (χ1v) is 25.3. The first-order valence-electron chi connectivity index (χ1n) is 23.8. The van der Waals surface area contributed by atoms with Crippen LogP contribution in [-0.4, -0.2) is 98.3 Å². The number of hydrogen-bond donors (Lipinski definition) is 6. The van der Waals surface area contributed by atoms with E-state index in [-0.39, 0.29) is 12.8 Å². The van der Waals surface area contributed by atoms with Gasteiger partial charge in [-0.1, -0.05) is 194 Å². The molecule has 0 saturated heterocycles. The molecule has 13 nitrogen and oxygen atoms in total. The lowest BCUT2D eigenvalue weighted by molar-refractivity contribution is -0.220. The van der Waals surface area contributed by atoms with Gasteiger partial charge in [-0.15, -0.1) is 0 Å². The minimum absolute atomic E-state index is 0.105. The number of esters is 2. The highest BCUT2D eigenvalue weighted by Gasteiger charge is 2.51. The molecule has 1 aliphatic rings. The first kappa shape index (κ1) is 55.9. The van der Waals surface area contributed by atoms with Gasteiger partial charge >= 0.3 is 19.8 Å². The molecule has 0 amide bonds. The summed E-state index contributed by atoms with van der Waals surface area (Å²) < 4.78 is 33.6. The second-order valence-electron chi connectivity index (χ2n) is 17.0. The van der Waals surface area contributed by atoms with E-state index < -0.39 is 75.7 Å². The first-order chi connectivity index (χ1) is 28.4. The Labute approximate surface area is 357 Å². The van der Waals surface area contributed by atoms with Gasteiger partial charge in [0.25, 0.3) is 0 Å². The van der Waals surface area contributed by atoms with Gasteiger partial charge in [0.05, 0.1) is 6.61 Å². The predicted molar refractivity (Wildman–Crippen MR) is 231 cm³/mol. The standard InChI is InChI=1S/C45H87O13P/c1-3-5-7-9-11-13-15-17-19-21-23-25-27-29-31-33-38(46)55-35-37(36-56-59(53,54)58-45-43(51)41(49)40(48)42(50)44(45)52)57-39(47)34-32-30-28-26-24-22-20-18-16-14-12-10-8-6-4-2/h37,40-45,48-52H,3-36H2,1-2H3,(H,53,54)/t37-,40?,41-,42+,43+,44-,45?/m0/s1. The van der Waals surface area contributed by atoms with Crippen molar-refractivity contribution in [3.63, 3.8) is 0 Å². The lowest BCUT2D eigenvalue weighted by Gasteiger charge is -2.41. The minimum Gasteiger partial charge on any atom is -0.462 e. The normalized spacial score (nSPS) is 22.2. The highest BCUT2D eigenvalue weighted by molar-refractivity contribution is 7.47. The third kappa shape index (κ3) is 29.0. The summed E-state index contributed by atoms with van der Waals surface area (Å²) in [6.07, 6.45) is 22.9. The molecule has 0 aromatic heterocycles. The number of rotatable bonds is 40. The maximum absolute atomic E-state index is 12.8. The number of aliphatic hydroxyl groups is 5. The van der Waals surface area contributed by atoms with E-state index in [1.807, 2.05) is 0 Å². The number of phosphoric acid groups is 1. The zero-order valence-corrected chi connectivity index (χ0v) is 38.0. The second-order valence-corrected chi connectivity index (χ2v) is 18.4. The fourth-order valence-corrected chi connectivity index (χ4v) is 8.56. The van der Waals surface area contributed by atoms with Crippen LogP contribution in [0, 0.1) is 0 Å². The van der Waals surface area contributed by atoms with Gasteiger partial charge in [-0.25, -0.2) is 4.57 Å². The van der Waals surface area contributed by atoms with E-state index in [0.29, 0.717) is 12.8 Å². The Morgan fingerprint density at radius 3 is 1.12 bits per heavy atom. The van der Waals surface area contributed by atoms with Gasteiger partial charge in [0.15, 0.2) is 6.10 Å². The Balaban J connectivity index is 2.43. The molecule has 0 aromatic rings. The van der Waals surface area contributed by atoms with Crippen molar-refractivity contribution in [3.8, 4) is 0 Å². The summed E-state index contributed by atoms with van der Waals surface area (Å²) in [5.41, 5.74) is 0. The molecule has 6 N–H and O–H groups in total. The van der Waals surface area contributed by atoms with E-state index in [2.05, 4.69) is 13.8 Å². The summed E-state index contributed by atoms with van der Waals surface area (Å²) in [7, 11) is -5.11. The topological polar surface area (TPSA) is 210 Å². The summed E-state index contributed by atoms with van der Waals surface area (Å²) in [5.74, 6) is -1.08. The van der Waals surface area contributed by atoms with Crippen molar-refractivity contribution in [3.05, 3.63) is 0 Å². The Hall–Kier alpha value is -1.15. The highest BCUT2D eigenvalue weighted by Crippen LogP contribution is 2.47. The summed E-state index contributed by atoms with van der Waals surface area (Å²) >= 11 is 0. The lowest BCUT2D eigenvalue weighted by atomic mass is 9.85. The van der Waals surface area contributed by atoms with Gasteiger partial charge in [-0.3, -0.25) is 18.6 Å². The van der Waals surface area contributed by atoms with Gasteiger partial charge in [0, 0.05) is 12.8 Å². The monoisotopic (exact) mass is 867 g/mol. The molecule has 0 spiro atoms. The molecule has 8 atom stereocenters. The van der Waals surface area contributed by atoms with Crippen molar-refractivity contribution in [2.75, 3.05) is 13.2 Å². The quantitative estimate of drug-likeness (QED) is 0.0193. The third-order valence-corrected chi connectivity index (χ3v) is 12.4. The van der Waals surface area contributed by atoms with Crippen molar-refractivity contribution in [2.24, 2.45) is 0 Å². The number of ether oxygens (including phenoxy) is 2. The third-order valence-electron chi connectivity index (χ3n) is 11.4. The molecular formula is C45H87O13P. The number of carbonyl (C=O) groups is 2. The van der Waals surface area contributed by atoms with Crippen LogP contribution in [0.15, 0.2) is 0 Å². The Kier molecular flexibility index (Phi) is 34.4. The maximum atomic E-state index is 12.8. The molecule has 350 valence electrons. The van der Waals surface area contributed by atoms with Crippen LogP contribution in [-0.2, 0) is 32.7 Å². The van der Waals surface area contributed by atoms with Crippen molar-refractivity contribution in [1.82, 2.24) is 0 Å². The van der Waals surface area contributed by atoms with Gasteiger partial charge in [-0.05, 0) is 12.8 Å². The number of carbonyl (C=O) groups excluding carboxylic acids is 2. The Morgan fingerprint density at radius 1 is 0.458 bits per heavy atom. The van der Waals surface area contributed by atoms with E-state index in [9.17, 15) is 44.6 Å². The van der Waals surface area contributed by atoms with Crippen molar-refractivity contribution < 1.29 is 63.1 Å². The Morgan fingerprint density at radius 2 is 0.763 bits per heavy atom. The average molecular weight is 867 g/mol. The maximum Gasteiger partial charge on any atom is 0.472 e. The van der Waals surface area contributed by atoms with Crippen molar-refractivity contribution in [1.29, 1.82) is 0 Å². The lowest BCUT2D eigenvalue weighted by Crippen LogP contribution is -2.64. The average Bonchev–Trinajstić information content (AvgIpc) is 3.21. The zero-order valence-electron chi connectivity index (χ0n) is 37.1. The number of unbranched alkanes of at least 4 members (excludes halogenated alkanes) is 28. The molecule has 59 heavy (non-hydrogen) atoms. The van der Waals surface area contributed by atoms with Crippen LogP contribution in [0.1, 0.15) is 219 Å². The van der Waals surface area contributed by atoms with Crippen molar-refractivity contribution >= 4 is 19.8 Å². The largest absolute Gasteiger partial charge is 0.472 e. The number of aliphatic hydroxyl groups excluding tert-OH is 5.